The summed E-state index contributed by atoms with van der Waals surface area (Å²) in [5.41, 5.74) is 0. The molecule has 2 atom stereocenters. The summed E-state index contributed by atoms with van der Waals surface area (Å²) in [4.78, 5) is 0. The van der Waals surface area contributed by atoms with E-state index < -0.39 is 22.2 Å². The molecule has 4 nitrogen and oxygen atoms in total. The van der Waals surface area contributed by atoms with E-state index in [0.29, 0.717) is 0 Å². The summed E-state index contributed by atoms with van der Waals surface area (Å²) in [5, 5.41) is 0. The molecule has 0 aromatic carbocycles. The average molecular weight is 226 g/mol. The third-order valence-electron chi connectivity index (χ3n) is 0.471. The normalized spacial score (nSPS) is 13.5. The van der Waals surface area contributed by atoms with Gasteiger partial charge in [-0.1, -0.05) is 36.0 Å². The number of hydrogen-bond donors (Lipinski definition) is 0. The van der Waals surface area contributed by atoms with Crippen molar-refractivity contribution in [3.63, 3.8) is 0 Å². The van der Waals surface area contributed by atoms with Crippen LogP contribution in [0.2, 0.25) is 0 Å². The van der Waals surface area contributed by atoms with Crippen LogP contribution >= 0.6 is 0 Å². The van der Waals surface area contributed by atoms with Crippen LogP contribution in [0.3, 0.4) is 0 Å². The van der Waals surface area contributed by atoms with Gasteiger partial charge in [0.15, 0.2) is 0 Å². The minimum Gasteiger partial charge on any atom is -0.772 e. The third kappa shape index (κ3) is 34.4. The molecule has 0 radical (unpaired) electrons. The van der Waals surface area contributed by atoms with E-state index in [4.69, 9.17) is 0 Å². The van der Waals surface area contributed by atoms with Gasteiger partial charge in [0.2, 0.25) is 0 Å². The van der Waals surface area contributed by atoms with Crippen molar-refractivity contribution in [2.24, 2.45) is 0 Å². The van der Waals surface area contributed by atoms with Crippen molar-refractivity contribution >= 4 is 59.9 Å². The van der Waals surface area contributed by atoms with E-state index in [1.54, 1.807) is 13.8 Å². The van der Waals surface area contributed by atoms with Crippen LogP contribution in [0.25, 0.3) is 0 Å². The summed E-state index contributed by atoms with van der Waals surface area (Å²) in [6.45, 7) is 3.17. The first-order valence-corrected chi connectivity index (χ1v) is 5.15. The van der Waals surface area contributed by atoms with Crippen LogP contribution in [0.1, 0.15) is 13.8 Å². The Morgan fingerprint density at radius 3 is 1.09 bits per heavy atom. The molecule has 0 aliphatic carbocycles. The predicted octanol–water partition coefficient (Wildman–Crippen LogP) is -0.610. The maximum atomic E-state index is 9.37. The minimum absolute atomic E-state index is 0. The van der Waals surface area contributed by atoms with Crippen molar-refractivity contribution in [1.29, 1.82) is 0 Å². The Hall–Kier alpha value is 1.48. The maximum Gasteiger partial charge on any atom is 2.00 e. The molecule has 11 heavy (non-hydrogen) atoms. The molecular formula is C4H10CaO4S2. The van der Waals surface area contributed by atoms with E-state index in [0.717, 1.165) is 0 Å². The van der Waals surface area contributed by atoms with Crippen molar-refractivity contribution < 1.29 is 17.5 Å². The molecule has 0 heterocycles. The van der Waals surface area contributed by atoms with E-state index in [1.807, 2.05) is 0 Å². The van der Waals surface area contributed by atoms with Crippen LogP contribution in [0, 0.1) is 0 Å². The summed E-state index contributed by atoms with van der Waals surface area (Å²) in [6, 6.07) is 0. The van der Waals surface area contributed by atoms with Gasteiger partial charge in [0.1, 0.15) is 0 Å². The van der Waals surface area contributed by atoms with E-state index >= 15 is 0 Å². The largest absolute Gasteiger partial charge is 2.00 e. The van der Waals surface area contributed by atoms with Crippen LogP contribution in [0.15, 0.2) is 0 Å². The van der Waals surface area contributed by atoms with Gasteiger partial charge in [0, 0.05) is 11.5 Å². The fourth-order valence-electron chi connectivity index (χ4n) is 0. The molecule has 0 aromatic rings. The van der Waals surface area contributed by atoms with E-state index in [-0.39, 0.29) is 49.2 Å². The summed E-state index contributed by atoms with van der Waals surface area (Å²) >= 11 is -3.65. The Morgan fingerprint density at radius 2 is 1.09 bits per heavy atom. The Morgan fingerprint density at radius 1 is 1.00 bits per heavy atom. The Bertz CT molecular complexity index is 105. The fourth-order valence-corrected chi connectivity index (χ4v) is 0. The van der Waals surface area contributed by atoms with Gasteiger partial charge in [-0.15, -0.1) is 0 Å². The van der Waals surface area contributed by atoms with Gasteiger partial charge in [-0.05, 0) is 0 Å². The standard InChI is InChI=1S/2C2H6O2S.Ca/c2*1-2-5(3)4;/h2*2H2,1H3,(H,3,4);/q;;+2/p-2. The smallest absolute Gasteiger partial charge is 0.772 e. The van der Waals surface area contributed by atoms with Gasteiger partial charge in [-0.2, -0.15) is 0 Å². The molecule has 0 fully saturated rings. The molecule has 0 spiro atoms. The number of hydrogen-bond acceptors (Lipinski definition) is 4. The second-order valence-corrected chi connectivity index (χ2v) is 3.55. The minimum atomic E-state index is -1.82. The van der Waals surface area contributed by atoms with E-state index in [1.165, 1.54) is 0 Å². The molecule has 0 bridgehead atoms. The van der Waals surface area contributed by atoms with Gasteiger partial charge >= 0.3 is 37.7 Å². The third-order valence-corrected chi connectivity index (χ3v) is 1.41. The SMILES string of the molecule is CCS(=O)[O-].CCS(=O)[O-].[Ca+2]. The first kappa shape index (κ1) is 18.3. The van der Waals surface area contributed by atoms with Crippen molar-refractivity contribution in [3.05, 3.63) is 0 Å². The van der Waals surface area contributed by atoms with Crippen LogP contribution < -0.4 is 0 Å². The van der Waals surface area contributed by atoms with Crippen molar-refractivity contribution in [3.8, 4) is 0 Å². The van der Waals surface area contributed by atoms with Crippen LogP contribution in [-0.4, -0.2) is 66.8 Å². The number of rotatable bonds is 2. The Labute approximate surface area is 102 Å². The Kier molecular flexibility index (Phi) is 23.3. The van der Waals surface area contributed by atoms with Gasteiger partial charge < -0.3 is 9.11 Å². The molecule has 0 aromatic heterocycles. The van der Waals surface area contributed by atoms with Gasteiger partial charge in [-0.3, -0.25) is 8.42 Å². The van der Waals surface area contributed by atoms with Crippen LogP contribution in [0.5, 0.6) is 0 Å². The monoisotopic (exact) mass is 226 g/mol. The molecule has 2 unspecified atom stereocenters. The fraction of sp³-hybridized carbons (Fsp3) is 1.00. The summed E-state index contributed by atoms with van der Waals surface area (Å²) < 4.78 is 37.5. The molecule has 0 N–H and O–H groups in total. The molecular weight excluding hydrogens is 216 g/mol. The van der Waals surface area contributed by atoms with E-state index in [2.05, 4.69) is 0 Å². The molecule has 0 aliphatic rings. The first-order valence-electron chi connectivity index (χ1n) is 2.66. The topological polar surface area (TPSA) is 80.3 Å². The zero-order valence-electron chi connectivity index (χ0n) is 6.57. The van der Waals surface area contributed by atoms with Crippen molar-refractivity contribution in [2.75, 3.05) is 11.5 Å². The predicted molar refractivity (Wildman–Crippen MR) is 44.7 cm³/mol. The van der Waals surface area contributed by atoms with Crippen LogP contribution in [0.4, 0.5) is 0 Å². The van der Waals surface area contributed by atoms with Gasteiger partial charge in [0.05, 0.1) is 0 Å². The second kappa shape index (κ2) is 14.0. The second-order valence-electron chi connectivity index (χ2n) is 1.18. The molecule has 0 aliphatic heterocycles. The first-order chi connectivity index (χ1) is 4.54. The molecule has 0 saturated carbocycles. The van der Waals surface area contributed by atoms with E-state index in [9.17, 15) is 17.5 Å². The Balaban J connectivity index is -0.000000107. The average Bonchev–Trinajstić information content (AvgIpc) is 1.89. The summed E-state index contributed by atoms with van der Waals surface area (Å²) in [7, 11) is 0. The van der Waals surface area contributed by atoms with Crippen molar-refractivity contribution in [2.45, 2.75) is 13.8 Å². The molecule has 0 amide bonds. The molecule has 64 valence electrons. The maximum absolute atomic E-state index is 9.37. The summed E-state index contributed by atoms with van der Waals surface area (Å²) in [6.07, 6.45) is 0. The molecule has 0 rings (SSSR count). The zero-order valence-corrected chi connectivity index (χ0v) is 10.4. The quantitative estimate of drug-likeness (QED) is 0.465. The van der Waals surface area contributed by atoms with Crippen molar-refractivity contribution in [1.82, 2.24) is 0 Å². The molecule has 7 heteroatoms. The van der Waals surface area contributed by atoms with Crippen LogP contribution in [-0.2, 0) is 22.2 Å². The van der Waals surface area contributed by atoms with Gasteiger partial charge in [0.25, 0.3) is 0 Å². The molecule has 0 saturated heterocycles. The van der Waals surface area contributed by atoms with Gasteiger partial charge in [-0.25, -0.2) is 0 Å². The zero-order chi connectivity index (χ0) is 8.57. The summed E-state index contributed by atoms with van der Waals surface area (Å²) in [5.74, 6) is 0.444.